The predicted octanol–water partition coefficient (Wildman–Crippen LogP) is 3.06. The Morgan fingerprint density at radius 1 is 1.05 bits per heavy atom. The van der Waals surface area contributed by atoms with Gasteiger partial charge in [-0.3, -0.25) is 19.0 Å². The minimum absolute atomic E-state index is 0.000704. The maximum Gasteiger partial charge on any atom is 0.325 e. The van der Waals surface area contributed by atoms with Gasteiger partial charge in [0.05, 0.1) is 6.42 Å². The fourth-order valence-corrected chi connectivity index (χ4v) is 4.75. The van der Waals surface area contributed by atoms with E-state index in [0.717, 1.165) is 11.1 Å². The van der Waals surface area contributed by atoms with Crippen LogP contribution in [-0.4, -0.2) is 51.0 Å². The second-order valence-electron chi connectivity index (χ2n) is 9.67. The Morgan fingerprint density at radius 3 is 2.33 bits per heavy atom. The van der Waals surface area contributed by atoms with Crippen molar-refractivity contribution in [3.63, 3.8) is 0 Å². The molecule has 0 radical (unpaired) electrons. The van der Waals surface area contributed by atoms with E-state index in [2.05, 4.69) is 15.6 Å². The van der Waals surface area contributed by atoms with E-state index in [4.69, 9.17) is 16.7 Å². The average molecular weight is 581 g/mol. The minimum Gasteiger partial charge on any atom is -0.858 e. The normalized spacial score (nSPS) is 15.6. The molecule has 1 N–H and O–H groups in total. The second kappa shape index (κ2) is 12.6. The molecule has 1 fully saturated rings. The zero-order valence-electron chi connectivity index (χ0n) is 23.0. The molecular formula is C31H28N6O4S. The van der Waals surface area contributed by atoms with Gasteiger partial charge >= 0.3 is 5.88 Å². The fraction of sp³-hybridized carbons (Fsp3) is 0.161. The summed E-state index contributed by atoms with van der Waals surface area (Å²) in [6.07, 6.45) is 3.87. The van der Waals surface area contributed by atoms with Crippen LogP contribution in [0.25, 0.3) is 12.2 Å². The van der Waals surface area contributed by atoms with Gasteiger partial charge in [-0.25, -0.2) is 4.99 Å². The number of benzene rings is 3. The lowest BCUT2D eigenvalue weighted by atomic mass is 10.1. The summed E-state index contributed by atoms with van der Waals surface area (Å²) in [5.74, 6) is -1.15. The Labute approximate surface area is 248 Å². The van der Waals surface area contributed by atoms with Crippen LogP contribution in [0.2, 0.25) is 0 Å². The lowest BCUT2D eigenvalue weighted by Crippen LogP contribution is -2.42. The van der Waals surface area contributed by atoms with E-state index in [-0.39, 0.29) is 35.8 Å². The smallest absolute Gasteiger partial charge is 0.325 e. The van der Waals surface area contributed by atoms with E-state index >= 15 is 0 Å². The maximum absolute atomic E-state index is 13.1. The van der Waals surface area contributed by atoms with Gasteiger partial charge in [0.2, 0.25) is 11.2 Å². The summed E-state index contributed by atoms with van der Waals surface area (Å²) in [6, 6.07) is 25.1. The molecule has 1 unspecified atom stereocenters. The van der Waals surface area contributed by atoms with Gasteiger partial charge in [0.1, 0.15) is 12.6 Å². The SMILES string of the molecule is CN1C(=O)C(CC(=O)Nc2ccc(/C=C/c3ccccc3)cc2)N(Cc2c(/N=C(\[O-])c3ccccc3)on[n+]2C)C1=S. The molecule has 1 saturated heterocycles. The van der Waals surface area contributed by atoms with Gasteiger partial charge in [-0.1, -0.05) is 84.9 Å². The van der Waals surface area contributed by atoms with Crippen LogP contribution >= 0.6 is 12.2 Å². The van der Waals surface area contributed by atoms with E-state index in [0.29, 0.717) is 16.9 Å². The molecule has 42 heavy (non-hydrogen) atoms. The first-order valence-corrected chi connectivity index (χ1v) is 13.6. The molecule has 0 saturated carbocycles. The highest BCUT2D eigenvalue weighted by Crippen LogP contribution is 2.25. The number of amides is 2. The molecule has 2 heterocycles. The number of aryl methyl sites for hydroxylation is 1. The summed E-state index contributed by atoms with van der Waals surface area (Å²) >= 11 is 5.53. The fourth-order valence-electron chi connectivity index (χ4n) is 4.47. The molecule has 3 aromatic carbocycles. The van der Waals surface area contributed by atoms with Crippen molar-refractivity contribution in [1.29, 1.82) is 0 Å². The van der Waals surface area contributed by atoms with Crippen molar-refractivity contribution in [3.05, 3.63) is 107 Å². The lowest BCUT2D eigenvalue weighted by Gasteiger charge is -2.21. The number of likely N-dealkylation sites (N-methyl/N-ethyl adjacent to an activating group) is 1. The molecule has 212 valence electrons. The van der Waals surface area contributed by atoms with Gasteiger partial charge in [0.25, 0.3) is 11.6 Å². The number of aromatic nitrogens is 2. The highest BCUT2D eigenvalue weighted by molar-refractivity contribution is 7.80. The molecule has 0 spiro atoms. The van der Waals surface area contributed by atoms with E-state index < -0.39 is 11.9 Å². The largest absolute Gasteiger partial charge is 0.858 e. The van der Waals surface area contributed by atoms with E-state index in [1.165, 1.54) is 9.58 Å². The number of nitrogens with one attached hydrogen (secondary N) is 1. The van der Waals surface area contributed by atoms with Gasteiger partial charge in [0.15, 0.2) is 12.2 Å². The Hall–Kier alpha value is -5.16. The Balaban J connectivity index is 1.28. The number of hydrogen-bond acceptors (Lipinski definition) is 7. The molecule has 10 nitrogen and oxygen atoms in total. The summed E-state index contributed by atoms with van der Waals surface area (Å²) in [5.41, 5.74) is 3.50. The molecule has 2 amide bonds. The van der Waals surface area contributed by atoms with Crippen molar-refractivity contribution < 1.29 is 23.9 Å². The summed E-state index contributed by atoms with van der Waals surface area (Å²) in [7, 11) is 3.20. The molecule has 1 aromatic heterocycles. The number of carbonyl (C=O) groups is 2. The third-order valence-corrected chi connectivity index (χ3v) is 7.31. The van der Waals surface area contributed by atoms with Crippen molar-refractivity contribution >= 4 is 58.8 Å². The highest BCUT2D eigenvalue weighted by Gasteiger charge is 2.43. The molecule has 5 rings (SSSR count). The van der Waals surface area contributed by atoms with Gasteiger partial charge in [-0.15, -0.1) is 0 Å². The van der Waals surface area contributed by atoms with Crippen molar-refractivity contribution in [2.45, 2.75) is 19.0 Å². The van der Waals surface area contributed by atoms with Crippen LogP contribution in [-0.2, 0) is 23.2 Å². The Bertz CT molecular complexity index is 1650. The van der Waals surface area contributed by atoms with Crippen molar-refractivity contribution in [1.82, 2.24) is 15.1 Å². The second-order valence-corrected chi connectivity index (χ2v) is 10.0. The first-order valence-electron chi connectivity index (χ1n) is 13.2. The van der Waals surface area contributed by atoms with Crippen molar-refractivity contribution in [2.24, 2.45) is 12.0 Å². The number of carbonyl (C=O) groups excluding carboxylic acids is 2. The number of aliphatic imine (C=N–C) groups is 1. The molecule has 11 heteroatoms. The number of hydrogen-bond donors (Lipinski definition) is 1. The van der Waals surface area contributed by atoms with E-state index in [1.54, 1.807) is 49.3 Å². The zero-order valence-corrected chi connectivity index (χ0v) is 23.8. The number of rotatable bonds is 9. The number of anilines is 1. The van der Waals surface area contributed by atoms with Crippen LogP contribution in [0.1, 0.15) is 28.8 Å². The molecule has 1 aliphatic rings. The third-order valence-electron chi connectivity index (χ3n) is 6.80. The number of thiocarbonyl (C=S) groups is 1. The third kappa shape index (κ3) is 6.42. The lowest BCUT2D eigenvalue weighted by molar-refractivity contribution is -0.746. The van der Waals surface area contributed by atoms with Gasteiger partial charge in [-0.2, -0.15) is 0 Å². The molecule has 1 atom stereocenters. The quantitative estimate of drug-likeness (QED) is 0.106. The predicted molar refractivity (Wildman–Crippen MR) is 160 cm³/mol. The zero-order chi connectivity index (χ0) is 29.6. The van der Waals surface area contributed by atoms with Crippen LogP contribution in [0, 0.1) is 0 Å². The van der Waals surface area contributed by atoms with Gasteiger partial charge in [0, 0.05) is 12.7 Å². The average Bonchev–Trinajstić information content (AvgIpc) is 3.44. The van der Waals surface area contributed by atoms with E-state index in [9.17, 15) is 14.7 Å². The monoisotopic (exact) mass is 580 g/mol. The van der Waals surface area contributed by atoms with Crippen LogP contribution < -0.4 is 15.1 Å². The van der Waals surface area contributed by atoms with Gasteiger partial charge in [-0.05, 0) is 51.6 Å². The van der Waals surface area contributed by atoms with Crippen LogP contribution in [0.3, 0.4) is 0 Å². The van der Waals surface area contributed by atoms with Crippen molar-refractivity contribution in [3.8, 4) is 0 Å². The highest BCUT2D eigenvalue weighted by atomic mass is 32.1. The van der Waals surface area contributed by atoms with E-state index in [1.807, 2.05) is 66.7 Å². The summed E-state index contributed by atoms with van der Waals surface area (Å²) in [6.45, 7) is 0.0518. The first-order chi connectivity index (χ1) is 20.3. The van der Waals surface area contributed by atoms with Crippen molar-refractivity contribution in [2.75, 3.05) is 12.4 Å². The topological polar surface area (TPSA) is 118 Å². The summed E-state index contributed by atoms with van der Waals surface area (Å²) < 4.78 is 6.73. The van der Waals surface area contributed by atoms with Crippen LogP contribution in [0.4, 0.5) is 11.6 Å². The molecule has 4 aromatic rings. The minimum atomic E-state index is -0.858. The number of nitrogens with zero attached hydrogens (tertiary/aromatic N) is 5. The Kier molecular flexibility index (Phi) is 8.49. The summed E-state index contributed by atoms with van der Waals surface area (Å²) in [4.78, 5) is 33.2. The molecular weight excluding hydrogens is 552 g/mol. The van der Waals surface area contributed by atoms with Gasteiger partial charge < -0.3 is 15.3 Å². The summed E-state index contributed by atoms with van der Waals surface area (Å²) in [5, 5.41) is 19.7. The Morgan fingerprint density at radius 2 is 1.67 bits per heavy atom. The molecule has 0 bridgehead atoms. The maximum atomic E-state index is 13.1. The first kappa shape index (κ1) is 28.4. The molecule has 1 aliphatic heterocycles. The molecule has 0 aliphatic carbocycles. The van der Waals surface area contributed by atoms with Crippen LogP contribution in [0.5, 0.6) is 0 Å². The standard InChI is InChI=1S/C31H28N6O4S/c1-35-30(40)25(19-27(38)32-24-17-15-22(16-18-24)14-13-21-9-5-3-6-10-21)37(31(35)42)20-26-29(41-34-36(26)2)33-28(39)23-11-7-4-8-12-23/h3-18,25H,19-20H2,1-2H3,(H-,32,33,34,38,39)/b14-13+. The van der Waals surface area contributed by atoms with Crippen LogP contribution in [0.15, 0.2) is 94.4 Å².